The average Bonchev–Trinajstić information content (AvgIpc) is 2.39. The van der Waals surface area contributed by atoms with Crippen LogP contribution >= 0.6 is 11.8 Å². The van der Waals surface area contributed by atoms with Crippen molar-refractivity contribution in [3.05, 3.63) is 59.7 Å². The van der Waals surface area contributed by atoms with E-state index in [0.717, 1.165) is 9.79 Å². The van der Waals surface area contributed by atoms with E-state index in [1.54, 1.807) is 24.3 Å². The zero-order valence-electron chi connectivity index (χ0n) is 10.4. The number of carbonyl (C=O) groups excluding carboxylic acids is 2. The van der Waals surface area contributed by atoms with E-state index in [4.69, 9.17) is 5.73 Å². The SMILES string of the molecule is CC(=O)c1ccc(Sc2ccccc2C(N)=O)cc1. The van der Waals surface area contributed by atoms with Gasteiger partial charge in [-0.1, -0.05) is 36.0 Å². The third-order valence-corrected chi connectivity index (χ3v) is 3.72. The number of ketones is 1. The quantitative estimate of drug-likeness (QED) is 0.869. The van der Waals surface area contributed by atoms with E-state index in [1.807, 2.05) is 24.3 Å². The molecule has 2 aromatic rings. The summed E-state index contributed by atoms with van der Waals surface area (Å²) in [6.45, 7) is 1.53. The molecule has 0 heterocycles. The van der Waals surface area contributed by atoms with Crippen LogP contribution in [0.15, 0.2) is 58.3 Å². The van der Waals surface area contributed by atoms with Crippen LogP contribution in [0.5, 0.6) is 0 Å². The smallest absolute Gasteiger partial charge is 0.249 e. The summed E-state index contributed by atoms with van der Waals surface area (Å²) < 4.78 is 0. The molecule has 4 heteroatoms. The fourth-order valence-electron chi connectivity index (χ4n) is 1.64. The molecular weight excluding hydrogens is 258 g/mol. The molecule has 0 atom stereocenters. The van der Waals surface area contributed by atoms with E-state index in [0.29, 0.717) is 11.1 Å². The average molecular weight is 271 g/mol. The molecule has 3 nitrogen and oxygen atoms in total. The molecule has 2 rings (SSSR count). The minimum Gasteiger partial charge on any atom is -0.366 e. The van der Waals surface area contributed by atoms with E-state index in [-0.39, 0.29) is 5.78 Å². The summed E-state index contributed by atoms with van der Waals surface area (Å²) in [5, 5.41) is 0. The van der Waals surface area contributed by atoms with E-state index < -0.39 is 5.91 Å². The fourth-order valence-corrected chi connectivity index (χ4v) is 2.60. The summed E-state index contributed by atoms with van der Waals surface area (Å²) in [5.41, 5.74) is 6.51. The second-order valence-electron chi connectivity index (χ2n) is 4.04. The Morgan fingerprint density at radius 3 is 2.21 bits per heavy atom. The first-order valence-electron chi connectivity index (χ1n) is 5.75. The third kappa shape index (κ3) is 3.23. The first kappa shape index (κ1) is 13.4. The van der Waals surface area contributed by atoms with Gasteiger partial charge in [0, 0.05) is 15.4 Å². The molecule has 0 aliphatic rings. The topological polar surface area (TPSA) is 60.2 Å². The molecule has 1 amide bonds. The number of benzene rings is 2. The Morgan fingerprint density at radius 2 is 1.63 bits per heavy atom. The molecule has 0 aliphatic heterocycles. The molecule has 2 N–H and O–H groups in total. The number of hydrogen-bond acceptors (Lipinski definition) is 3. The van der Waals surface area contributed by atoms with Crippen LogP contribution in [0.2, 0.25) is 0 Å². The number of carbonyl (C=O) groups is 2. The molecular formula is C15H13NO2S. The monoisotopic (exact) mass is 271 g/mol. The lowest BCUT2D eigenvalue weighted by molar-refractivity contribution is 0.0994. The predicted molar refractivity (Wildman–Crippen MR) is 75.5 cm³/mol. The second-order valence-corrected chi connectivity index (χ2v) is 5.16. The maximum absolute atomic E-state index is 11.3. The Bertz CT molecular complexity index is 620. The van der Waals surface area contributed by atoms with E-state index >= 15 is 0 Å². The van der Waals surface area contributed by atoms with Crippen LogP contribution in [-0.2, 0) is 0 Å². The van der Waals surface area contributed by atoms with Crippen LogP contribution in [-0.4, -0.2) is 11.7 Å². The molecule has 0 fully saturated rings. The lowest BCUT2D eigenvalue weighted by Crippen LogP contribution is -2.11. The predicted octanol–water partition coefficient (Wildman–Crippen LogP) is 3.14. The Labute approximate surface area is 115 Å². The number of Topliss-reactive ketones (excluding diaryl/α,β-unsaturated/α-hetero) is 1. The van der Waals surface area contributed by atoms with Crippen molar-refractivity contribution in [3.63, 3.8) is 0 Å². The van der Waals surface area contributed by atoms with Crippen molar-refractivity contribution in [3.8, 4) is 0 Å². The van der Waals surface area contributed by atoms with Crippen LogP contribution in [0.3, 0.4) is 0 Å². The largest absolute Gasteiger partial charge is 0.366 e. The molecule has 0 saturated heterocycles. The molecule has 0 aliphatic carbocycles. The number of primary amides is 1. The molecule has 0 saturated carbocycles. The van der Waals surface area contributed by atoms with Crippen molar-refractivity contribution in [1.29, 1.82) is 0 Å². The summed E-state index contributed by atoms with van der Waals surface area (Å²) in [6.07, 6.45) is 0. The first-order chi connectivity index (χ1) is 9.08. The van der Waals surface area contributed by atoms with Crippen molar-refractivity contribution >= 4 is 23.5 Å². The zero-order chi connectivity index (χ0) is 13.8. The Kier molecular flexibility index (Phi) is 4.02. The molecule has 19 heavy (non-hydrogen) atoms. The maximum atomic E-state index is 11.3. The number of rotatable bonds is 4. The van der Waals surface area contributed by atoms with Crippen LogP contribution < -0.4 is 5.73 Å². The lowest BCUT2D eigenvalue weighted by atomic mass is 10.2. The van der Waals surface area contributed by atoms with Gasteiger partial charge in [-0.3, -0.25) is 9.59 Å². The van der Waals surface area contributed by atoms with Gasteiger partial charge in [-0.05, 0) is 31.2 Å². The highest BCUT2D eigenvalue weighted by molar-refractivity contribution is 7.99. The molecule has 0 aromatic heterocycles. The summed E-state index contributed by atoms with van der Waals surface area (Å²) in [6, 6.07) is 14.5. The third-order valence-electron chi connectivity index (χ3n) is 2.64. The Morgan fingerprint density at radius 1 is 1.00 bits per heavy atom. The molecule has 2 aromatic carbocycles. The van der Waals surface area contributed by atoms with Crippen molar-refractivity contribution in [2.75, 3.05) is 0 Å². The fraction of sp³-hybridized carbons (Fsp3) is 0.0667. The van der Waals surface area contributed by atoms with Gasteiger partial charge in [-0.15, -0.1) is 0 Å². The highest BCUT2D eigenvalue weighted by Gasteiger charge is 2.08. The van der Waals surface area contributed by atoms with E-state index in [9.17, 15) is 9.59 Å². The lowest BCUT2D eigenvalue weighted by Gasteiger charge is -2.06. The molecule has 0 unspecified atom stereocenters. The minimum atomic E-state index is -0.441. The van der Waals surface area contributed by atoms with Gasteiger partial charge in [0.1, 0.15) is 0 Å². The normalized spacial score (nSPS) is 10.2. The highest BCUT2D eigenvalue weighted by Crippen LogP contribution is 2.30. The zero-order valence-corrected chi connectivity index (χ0v) is 11.2. The summed E-state index contributed by atoms with van der Waals surface area (Å²) in [5.74, 6) is -0.405. The van der Waals surface area contributed by atoms with Gasteiger partial charge < -0.3 is 5.73 Å². The maximum Gasteiger partial charge on any atom is 0.249 e. The minimum absolute atomic E-state index is 0.0362. The van der Waals surface area contributed by atoms with Gasteiger partial charge in [0.05, 0.1) is 5.56 Å². The Balaban J connectivity index is 2.26. The molecule has 96 valence electrons. The van der Waals surface area contributed by atoms with Crippen LogP contribution in [0.25, 0.3) is 0 Å². The van der Waals surface area contributed by atoms with Crippen molar-refractivity contribution in [1.82, 2.24) is 0 Å². The molecule has 0 spiro atoms. The van der Waals surface area contributed by atoms with Gasteiger partial charge >= 0.3 is 0 Å². The molecule has 0 radical (unpaired) electrons. The van der Waals surface area contributed by atoms with E-state index in [1.165, 1.54) is 18.7 Å². The van der Waals surface area contributed by atoms with Gasteiger partial charge in [-0.25, -0.2) is 0 Å². The van der Waals surface area contributed by atoms with Crippen LogP contribution in [0.1, 0.15) is 27.6 Å². The highest BCUT2D eigenvalue weighted by atomic mass is 32.2. The first-order valence-corrected chi connectivity index (χ1v) is 6.57. The Hall–Kier alpha value is -2.07. The summed E-state index contributed by atoms with van der Waals surface area (Å²) in [7, 11) is 0. The summed E-state index contributed by atoms with van der Waals surface area (Å²) >= 11 is 1.45. The number of nitrogens with two attached hydrogens (primary N) is 1. The van der Waals surface area contributed by atoms with Crippen molar-refractivity contribution in [2.24, 2.45) is 5.73 Å². The second kappa shape index (κ2) is 5.71. The van der Waals surface area contributed by atoms with Crippen LogP contribution in [0.4, 0.5) is 0 Å². The summed E-state index contributed by atoms with van der Waals surface area (Å²) in [4.78, 5) is 24.3. The van der Waals surface area contributed by atoms with Gasteiger partial charge in [0.2, 0.25) is 5.91 Å². The number of hydrogen-bond donors (Lipinski definition) is 1. The van der Waals surface area contributed by atoms with Gasteiger partial charge in [-0.2, -0.15) is 0 Å². The van der Waals surface area contributed by atoms with Crippen molar-refractivity contribution in [2.45, 2.75) is 16.7 Å². The number of amides is 1. The van der Waals surface area contributed by atoms with Crippen molar-refractivity contribution < 1.29 is 9.59 Å². The van der Waals surface area contributed by atoms with Gasteiger partial charge in [0.15, 0.2) is 5.78 Å². The van der Waals surface area contributed by atoms with Gasteiger partial charge in [0.25, 0.3) is 0 Å². The molecule has 0 bridgehead atoms. The van der Waals surface area contributed by atoms with E-state index in [2.05, 4.69) is 0 Å². The van der Waals surface area contributed by atoms with Crippen LogP contribution in [0, 0.1) is 0 Å². The standard InChI is InChI=1S/C15H13NO2S/c1-10(17)11-6-8-12(9-7-11)19-14-5-3-2-4-13(14)15(16)18/h2-9H,1H3,(H2,16,18).